The van der Waals surface area contributed by atoms with Crippen molar-refractivity contribution < 1.29 is 25.8 Å². The zero-order valence-electron chi connectivity index (χ0n) is 16.7. The van der Waals surface area contributed by atoms with E-state index >= 15 is 0 Å². The maximum atomic E-state index is 12.8. The molecule has 9 heteroatoms. The van der Waals surface area contributed by atoms with Gasteiger partial charge in [-0.3, -0.25) is 4.90 Å². The van der Waals surface area contributed by atoms with E-state index in [0.717, 1.165) is 55.5 Å². The maximum Gasteiger partial charge on any atom is 0.534 e. The second-order valence-corrected chi connectivity index (χ2v) is 10.1. The summed E-state index contributed by atoms with van der Waals surface area (Å²) in [4.78, 5) is 2.44. The Bertz CT molecular complexity index is 1050. The number of nitrogens with zero attached hydrogens (tertiary/aromatic N) is 1. The van der Waals surface area contributed by atoms with Crippen molar-refractivity contribution in [2.24, 2.45) is 0 Å². The first-order chi connectivity index (χ1) is 14.6. The van der Waals surface area contributed by atoms with E-state index in [2.05, 4.69) is 9.08 Å². The lowest BCUT2D eigenvalue weighted by Crippen LogP contribution is -2.41. The number of benzene rings is 2. The number of aryl methyl sites for hydroxylation is 1. The van der Waals surface area contributed by atoms with Gasteiger partial charge in [0.05, 0.1) is 0 Å². The van der Waals surface area contributed by atoms with Crippen molar-refractivity contribution in [3.05, 3.63) is 64.2 Å². The number of rotatable bonds is 5. The predicted octanol–water partition coefficient (Wildman–Crippen LogP) is 5.31. The SMILES string of the molecule is O=S(=O)(Oc1ccc2c(c1)[C@H](Cc1cccc(Cl)c1)[C@H](N1CCCC1)CC2)C(F)(F)F. The van der Waals surface area contributed by atoms with Crippen LogP contribution in [0.15, 0.2) is 42.5 Å². The summed E-state index contributed by atoms with van der Waals surface area (Å²) in [7, 11) is -5.72. The molecule has 2 aromatic carbocycles. The number of likely N-dealkylation sites (tertiary alicyclic amines) is 1. The molecule has 0 bridgehead atoms. The highest BCUT2D eigenvalue weighted by Gasteiger charge is 2.48. The van der Waals surface area contributed by atoms with Crippen LogP contribution in [-0.4, -0.2) is 38.0 Å². The molecule has 1 fully saturated rings. The van der Waals surface area contributed by atoms with Gasteiger partial charge in [-0.15, -0.1) is 0 Å². The van der Waals surface area contributed by atoms with Crippen molar-refractivity contribution in [1.29, 1.82) is 0 Å². The summed E-state index contributed by atoms with van der Waals surface area (Å²) >= 11 is 6.16. The molecule has 0 unspecified atom stereocenters. The number of hydrogen-bond acceptors (Lipinski definition) is 4. The van der Waals surface area contributed by atoms with E-state index in [1.807, 2.05) is 18.2 Å². The Labute approximate surface area is 185 Å². The lowest BCUT2D eigenvalue weighted by molar-refractivity contribution is -0.0500. The average molecular weight is 474 g/mol. The topological polar surface area (TPSA) is 46.6 Å². The molecule has 1 aliphatic carbocycles. The van der Waals surface area contributed by atoms with Crippen LogP contribution in [0.4, 0.5) is 13.2 Å². The van der Waals surface area contributed by atoms with Crippen molar-refractivity contribution in [1.82, 2.24) is 4.90 Å². The van der Waals surface area contributed by atoms with E-state index in [1.165, 1.54) is 12.1 Å². The van der Waals surface area contributed by atoms with Crippen molar-refractivity contribution in [3.63, 3.8) is 0 Å². The quantitative estimate of drug-likeness (QED) is 0.436. The maximum absolute atomic E-state index is 12.8. The average Bonchev–Trinajstić information content (AvgIpc) is 3.22. The highest BCUT2D eigenvalue weighted by atomic mass is 35.5. The Hall–Kier alpha value is -1.77. The van der Waals surface area contributed by atoms with Gasteiger partial charge in [0.15, 0.2) is 0 Å². The minimum absolute atomic E-state index is 0.00235. The minimum Gasteiger partial charge on any atom is -0.376 e. The van der Waals surface area contributed by atoms with Gasteiger partial charge in [-0.25, -0.2) is 0 Å². The summed E-state index contributed by atoms with van der Waals surface area (Å²) in [6.07, 6.45) is 4.64. The second kappa shape index (κ2) is 8.64. The molecule has 1 heterocycles. The van der Waals surface area contributed by atoms with Crippen molar-refractivity contribution in [2.75, 3.05) is 13.1 Å². The molecule has 4 nitrogen and oxygen atoms in total. The molecule has 4 rings (SSSR count). The first-order valence-electron chi connectivity index (χ1n) is 10.3. The second-order valence-electron chi connectivity index (χ2n) is 8.13. The van der Waals surface area contributed by atoms with Crippen LogP contribution in [0.3, 0.4) is 0 Å². The van der Waals surface area contributed by atoms with Crippen molar-refractivity contribution in [2.45, 2.75) is 49.6 Å². The van der Waals surface area contributed by atoms with E-state index in [4.69, 9.17) is 11.6 Å². The number of alkyl halides is 3. The van der Waals surface area contributed by atoms with Gasteiger partial charge in [0.1, 0.15) is 5.75 Å². The van der Waals surface area contributed by atoms with Crippen LogP contribution in [0.25, 0.3) is 0 Å². The van der Waals surface area contributed by atoms with Gasteiger partial charge in [-0.1, -0.05) is 29.8 Å². The fourth-order valence-electron chi connectivity index (χ4n) is 4.76. The van der Waals surface area contributed by atoms with Crippen molar-refractivity contribution >= 4 is 21.7 Å². The summed E-state index contributed by atoms with van der Waals surface area (Å²) < 4.78 is 65.8. The predicted molar refractivity (Wildman–Crippen MR) is 113 cm³/mol. The van der Waals surface area contributed by atoms with Gasteiger partial charge in [0, 0.05) is 17.0 Å². The third kappa shape index (κ3) is 4.86. The first-order valence-corrected chi connectivity index (χ1v) is 12.0. The van der Waals surface area contributed by atoms with E-state index in [1.54, 1.807) is 12.1 Å². The third-order valence-corrected chi connectivity index (χ3v) is 7.35. The zero-order chi connectivity index (χ0) is 22.2. The molecule has 2 aromatic rings. The van der Waals surface area contributed by atoms with Crippen molar-refractivity contribution in [3.8, 4) is 5.75 Å². The van der Waals surface area contributed by atoms with Crippen LogP contribution in [0.5, 0.6) is 5.75 Å². The standard InChI is InChI=1S/C22H23ClF3NO3S/c23-17-5-3-4-15(12-17)13-20-19-14-18(30-31(28,29)22(24,25)26)8-6-16(19)7-9-21(20)27-10-1-2-11-27/h3-6,8,12,14,20-21H,1-2,7,9-11,13H2/t20-,21+/m0/s1. The number of hydrogen-bond donors (Lipinski definition) is 0. The van der Waals surface area contributed by atoms with Crippen LogP contribution in [0.1, 0.15) is 41.9 Å². The minimum atomic E-state index is -5.72. The van der Waals surface area contributed by atoms with Crippen LogP contribution in [0.2, 0.25) is 5.02 Å². The van der Waals surface area contributed by atoms with E-state index < -0.39 is 15.6 Å². The lowest BCUT2D eigenvalue weighted by atomic mass is 9.75. The number of halogens is 4. The molecule has 2 aliphatic rings. The first kappa shape index (κ1) is 22.4. The fraction of sp³-hybridized carbons (Fsp3) is 0.455. The van der Waals surface area contributed by atoms with Gasteiger partial charge in [-0.2, -0.15) is 21.6 Å². The van der Waals surface area contributed by atoms with Gasteiger partial charge in [0.2, 0.25) is 0 Å². The van der Waals surface area contributed by atoms with E-state index in [9.17, 15) is 21.6 Å². The fourth-order valence-corrected chi connectivity index (χ4v) is 5.42. The van der Waals surface area contributed by atoms with E-state index in [0.29, 0.717) is 11.4 Å². The van der Waals surface area contributed by atoms with Crippen LogP contribution < -0.4 is 4.18 Å². The highest BCUT2D eigenvalue weighted by molar-refractivity contribution is 7.88. The molecular formula is C22H23ClF3NO3S. The lowest BCUT2D eigenvalue weighted by Gasteiger charge is -2.39. The van der Waals surface area contributed by atoms with Gasteiger partial charge in [0.25, 0.3) is 0 Å². The molecule has 0 aromatic heterocycles. The summed E-state index contributed by atoms with van der Waals surface area (Å²) in [5.74, 6) is -0.313. The molecule has 0 saturated carbocycles. The Morgan fingerprint density at radius 2 is 1.84 bits per heavy atom. The molecule has 31 heavy (non-hydrogen) atoms. The molecule has 0 spiro atoms. The molecule has 0 amide bonds. The molecular weight excluding hydrogens is 451 g/mol. The largest absolute Gasteiger partial charge is 0.534 e. The summed E-state index contributed by atoms with van der Waals surface area (Å²) in [6, 6.07) is 12.2. The Balaban J connectivity index is 1.70. The monoisotopic (exact) mass is 473 g/mol. The Morgan fingerprint density at radius 1 is 1.10 bits per heavy atom. The third-order valence-electron chi connectivity index (χ3n) is 6.13. The van der Waals surface area contributed by atoms with Gasteiger partial charge >= 0.3 is 15.6 Å². The summed E-state index contributed by atoms with van der Waals surface area (Å²) in [5, 5.41) is 0.625. The van der Waals surface area contributed by atoms with E-state index in [-0.39, 0.29) is 17.7 Å². The molecule has 168 valence electrons. The highest BCUT2D eigenvalue weighted by Crippen LogP contribution is 2.40. The molecule has 2 atom stereocenters. The Kier molecular flexibility index (Phi) is 6.25. The number of fused-ring (bicyclic) bond motifs is 1. The Morgan fingerprint density at radius 3 is 2.52 bits per heavy atom. The molecule has 1 aliphatic heterocycles. The summed E-state index contributed by atoms with van der Waals surface area (Å²) in [5.41, 5.74) is -2.58. The van der Waals surface area contributed by atoms with Crippen LogP contribution in [0, 0.1) is 0 Å². The normalized spacial score (nSPS) is 22.3. The summed E-state index contributed by atoms with van der Waals surface area (Å²) in [6.45, 7) is 1.98. The van der Waals surface area contributed by atoms with Gasteiger partial charge < -0.3 is 4.18 Å². The molecule has 1 saturated heterocycles. The smallest absolute Gasteiger partial charge is 0.376 e. The van der Waals surface area contributed by atoms with Crippen LogP contribution >= 0.6 is 11.6 Å². The van der Waals surface area contributed by atoms with Gasteiger partial charge in [-0.05, 0) is 86.1 Å². The van der Waals surface area contributed by atoms with Crippen LogP contribution in [-0.2, 0) is 23.0 Å². The zero-order valence-corrected chi connectivity index (χ0v) is 18.3. The molecule has 0 radical (unpaired) electrons. The molecule has 0 N–H and O–H groups in total.